The summed E-state index contributed by atoms with van der Waals surface area (Å²) in [7, 11) is 1.76. The number of nitrogens with zero attached hydrogens (tertiary/aromatic N) is 3. The van der Waals surface area contributed by atoms with E-state index in [9.17, 15) is 18.0 Å². The molecule has 0 N–H and O–H groups in total. The van der Waals surface area contributed by atoms with Crippen LogP contribution >= 0.6 is 11.8 Å². The lowest BCUT2D eigenvalue weighted by Crippen LogP contribution is -2.24. The zero-order chi connectivity index (χ0) is 17.5. The maximum atomic E-state index is 13.0. The summed E-state index contributed by atoms with van der Waals surface area (Å²) in [6, 6.07) is 3.59. The minimum atomic E-state index is -4.38. The summed E-state index contributed by atoms with van der Waals surface area (Å²) in [5.41, 5.74) is 0.311. The first-order valence-corrected chi connectivity index (χ1v) is 8.68. The van der Waals surface area contributed by atoms with Crippen LogP contribution in [0.5, 0.6) is 0 Å². The number of imidazole rings is 1. The van der Waals surface area contributed by atoms with E-state index in [4.69, 9.17) is 0 Å². The maximum Gasteiger partial charge on any atom is 0.416 e. The van der Waals surface area contributed by atoms with Crippen LogP contribution in [0.15, 0.2) is 23.4 Å². The third-order valence-corrected chi connectivity index (χ3v) is 5.36. The van der Waals surface area contributed by atoms with E-state index in [0.717, 1.165) is 25.0 Å². The van der Waals surface area contributed by atoms with Gasteiger partial charge in [-0.05, 0) is 31.0 Å². The van der Waals surface area contributed by atoms with Crippen molar-refractivity contribution in [2.24, 2.45) is 0 Å². The Bertz CT molecular complexity index is 772. The van der Waals surface area contributed by atoms with E-state index in [1.165, 1.54) is 17.8 Å². The van der Waals surface area contributed by atoms with E-state index in [1.54, 1.807) is 16.5 Å². The molecule has 1 atom stereocenters. The van der Waals surface area contributed by atoms with E-state index in [2.05, 4.69) is 4.98 Å². The van der Waals surface area contributed by atoms with Crippen LogP contribution in [0.1, 0.15) is 25.3 Å². The van der Waals surface area contributed by atoms with Gasteiger partial charge in [0, 0.05) is 20.1 Å². The molecule has 8 heteroatoms. The Labute approximate surface area is 142 Å². The molecule has 0 spiro atoms. The number of fused-ring (bicyclic) bond motifs is 1. The molecule has 1 unspecified atom stereocenters. The molecule has 0 aliphatic carbocycles. The van der Waals surface area contributed by atoms with Crippen molar-refractivity contribution in [2.45, 2.75) is 42.9 Å². The zero-order valence-corrected chi connectivity index (χ0v) is 14.2. The lowest BCUT2D eigenvalue weighted by molar-refractivity contribution is -0.137. The van der Waals surface area contributed by atoms with Crippen molar-refractivity contribution in [1.82, 2.24) is 14.5 Å². The highest BCUT2D eigenvalue weighted by atomic mass is 32.2. The fourth-order valence-corrected chi connectivity index (χ4v) is 4.06. The van der Waals surface area contributed by atoms with Gasteiger partial charge in [0.25, 0.3) is 0 Å². The van der Waals surface area contributed by atoms with E-state index < -0.39 is 11.7 Å². The van der Waals surface area contributed by atoms with Gasteiger partial charge in [-0.3, -0.25) is 4.79 Å². The van der Waals surface area contributed by atoms with Crippen LogP contribution in [-0.4, -0.2) is 39.2 Å². The van der Waals surface area contributed by atoms with Crippen molar-refractivity contribution in [3.8, 4) is 0 Å². The Balaban J connectivity index is 2.01. The molecule has 130 valence electrons. The van der Waals surface area contributed by atoms with Crippen LogP contribution in [-0.2, 0) is 17.5 Å². The summed E-state index contributed by atoms with van der Waals surface area (Å²) in [6.45, 7) is 3.22. The molecule has 24 heavy (non-hydrogen) atoms. The number of carbonyl (C=O) groups is 1. The normalized spacial score (nSPS) is 18.8. The lowest BCUT2D eigenvalue weighted by Gasteiger charge is -2.12. The van der Waals surface area contributed by atoms with Crippen molar-refractivity contribution in [3.63, 3.8) is 0 Å². The fourth-order valence-electron chi connectivity index (χ4n) is 2.83. The quantitative estimate of drug-likeness (QED) is 0.836. The molecule has 1 aromatic carbocycles. The Kier molecular flexibility index (Phi) is 4.50. The van der Waals surface area contributed by atoms with Crippen molar-refractivity contribution in [2.75, 3.05) is 13.6 Å². The molecular formula is C16H18F3N3OS. The number of benzene rings is 1. The highest BCUT2D eigenvalue weighted by Gasteiger charge is 2.33. The van der Waals surface area contributed by atoms with Crippen molar-refractivity contribution in [3.05, 3.63) is 23.8 Å². The third kappa shape index (κ3) is 3.11. The average molecular weight is 357 g/mol. The SMILES string of the molecule is CCCn1c(SC2CCN(C)C2=O)nc2ccc(C(F)(F)F)cc21. The molecule has 2 aromatic rings. The van der Waals surface area contributed by atoms with Gasteiger partial charge in [-0.1, -0.05) is 18.7 Å². The van der Waals surface area contributed by atoms with Crippen molar-refractivity contribution < 1.29 is 18.0 Å². The molecule has 1 aliphatic heterocycles. The maximum absolute atomic E-state index is 13.0. The first kappa shape index (κ1) is 17.1. The highest BCUT2D eigenvalue weighted by molar-refractivity contribution is 8.00. The average Bonchev–Trinajstić information content (AvgIpc) is 3.02. The molecule has 1 aliphatic rings. The molecular weight excluding hydrogens is 339 g/mol. The number of carbonyl (C=O) groups excluding carboxylic acids is 1. The second-order valence-electron chi connectivity index (χ2n) is 5.90. The summed E-state index contributed by atoms with van der Waals surface area (Å²) in [5.74, 6) is 0.0473. The molecule has 0 radical (unpaired) electrons. The number of aryl methyl sites for hydroxylation is 1. The monoisotopic (exact) mass is 357 g/mol. The van der Waals surface area contributed by atoms with Gasteiger partial charge in [0.2, 0.25) is 5.91 Å². The third-order valence-electron chi connectivity index (χ3n) is 4.11. The minimum Gasteiger partial charge on any atom is -0.345 e. The van der Waals surface area contributed by atoms with Gasteiger partial charge in [-0.15, -0.1) is 0 Å². The number of halogens is 3. The largest absolute Gasteiger partial charge is 0.416 e. The number of likely N-dealkylation sites (tertiary alicyclic amines) is 1. The van der Waals surface area contributed by atoms with Gasteiger partial charge >= 0.3 is 6.18 Å². The van der Waals surface area contributed by atoms with Gasteiger partial charge in [-0.2, -0.15) is 13.2 Å². The van der Waals surface area contributed by atoms with Gasteiger partial charge in [0.1, 0.15) is 0 Å². The second kappa shape index (κ2) is 6.31. The number of rotatable bonds is 4. The van der Waals surface area contributed by atoms with E-state index in [1.807, 2.05) is 6.92 Å². The first-order chi connectivity index (χ1) is 11.3. The predicted molar refractivity (Wildman–Crippen MR) is 86.9 cm³/mol. The molecule has 1 amide bonds. The molecule has 1 fully saturated rings. The zero-order valence-electron chi connectivity index (χ0n) is 13.4. The van der Waals surface area contributed by atoms with Crippen LogP contribution in [0.25, 0.3) is 11.0 Å². The van der Waals surface area contributed by atoms with Crippen molar-refractivity contribution in [1.29, 1.82) is 0 Å². The Hall–Kier alpha value is -1.70. The number of hydrogen-bond donors (Lipinski definition) is 0. The van der Waals surface area contributed by atoms with Gasteiger partial charge in [0.05, 0.1) is 21.8 Å². The topological polar surface area (TPSA) is 38.1 Å². The fraction of sp³-hybridized carbons (Fsp3) is 0.500. The number of aromatic nitrogens is 2. The Morgan fingerprint density at radius 2 is 2.12 bits per heavy atom. The summed E-state index contributed by atoms with van der Waals surface area (Å²) in [4.78, 5) is 18.2. The van der Waals surface area contributed by atoms with Crippen LogP contribution in [0, 0.1) is 0 Å². The highest BCUT2D eigenvalue weighted by Crippen LogP contribution is 2.35. The first-order valence-electron chi connectivity index (χ1n) is 7.80. The Morgan fingerprint density at radius 1 is 1.38 bits per heavy atom. The van der Waals surface area contributed by atoms with Crippen LogP contribution in [0.3, 0.4) is 0 Å². The lowest BCUT2D eigenvalue weighted by atomic mass is 10.2. The standard InChI is InChI=1S/C16H18F3N3OS/c1-3-7-22-12-9-10(16(17,18)19)4-5-11(12)20-15(22)24-13-6-8-21(2)14(13)23/h4-5,9,13H,3,6-8H2,1-2H3. The van der Waals surface area contributed by atoms with Crippen molar-refractivity contribution >= 4 is 28.7 Å². The number of amides is 1. The smallest absolute Gasteiger partial charge is 0.345 e. The van der Waals surface area contributed by atoms with Gasteiger partial charge < -0.3 is 9.47 Å². The summed E-state index contributed by atoms with van der Waals surface area (Å²) in [6.07, 6.45) is -2.89. The van der Waals surface area contributed by atoms with Crippen LogP contribution in [0.4, 0.5) is 13.2 Å². The molecule has 3 rings (SSSR count). The van der Waals surface area contributed by atoms with E-state index in [0.29, 0.717) is 29.3 Å². The molecule has 4 nitrogen and oxygen atoms in total. The number of hydrogen-bond acceptors (Lipinski definition) is 3. The molecule has 1 aromatic heterocycles. The second-order valence-corrected chi connectivity index (χ2v) is 7.07. The molecule has 1 saturated heterocycles. The predicted octanol–water partition coefficient (Wildman–Crippen LogP) is 3.79. The van der Waals surface area contributed by atoms with Gasteiger partial charge in [0.15, 0.2) is 5.16 Å². The summed E-state index contributed by atoms with van der Waals surface area (Å²) < 4.78 is 40.7. The minimum absolute atomic E-state index is 0.0473. The van der Waals surface area contributed by atoms with Crippen LogP contribution < -0.4 is 0 Å². The summed E-state index contributed by atoms with van der Waals surface area (Å²) in [5, 5.41) is 0.393. The summed E-state index contributed by atoms with van der Waals surface area (Å²) >= 11 is 1.35. The number of alkyl halides is 3. The Morgan fingerprint density at radius 3 is 2.71 bits per heavy atom. The molecule has 0 bridgehead atoms. The van der Waals surface area contributed by atoms with Gasteiger partial charge in [-0.25, -0.2) is 4.98 Å². The van der Waals surface area contributed by atoms with Crippen LogP contribution in [0.2, 0.25) is 0 Å². The molecule has 2 heterocycles. The number of thioether (sulfide) groups is 1. The molecule has 0 saturated carbocycles. The van der Waals surface area contributed by atoms with E-state index in [-0.39, 0.29) is 11.2 Å². The van der Waals surface area contributed by atoms with E-state index >= 15 is 0 Å².